The molecule has 0 radical (unpaired) electrons. The number of carbonyl (C=O) groups excluding carboxylic acids is 1. The van der Waals surface area contributed by atoms with E-state index in [9.17, 15) is 4.79 Å². The molecule has 1 atom stereocenters. The molecule has 1 unspecified atom stereocenters. The van der Waals surface area contributed by atoms with Gasteiger partial charge >= 0.3 is 5.97 Å². The normalized spacial score (nSPS) is 14.2. The fourth-order valence-corrected chi connectivity index (χ4v) is 4.32. The molecule has 0 saturated carbocycles. The first kappa shape index (κ1) is 20.8. The Morgan fingerprint density at radius 3 is 2.08 bits per heavy atom. The monoisotopic (exact) mass is 391 g/mol. The maximum atomic E-state index is 12.0. The Morgan fingerprint density at radius 1 is 1.08 bits per heavy atom. The fourth-order valence-electron chi connectivity index (χ4n) is 3.20. The molecular formula is C21H26ClNO2S. The number of carbonyl (C=O) groups is 1. The van der Waals surface area contributed by atoms with Crippen LogP contribution in [0.3, 0.4) is 0 Å². The zero-order valence-corrected chi connectivity index (χ0v) is 17.0. The number of halogens is 1. The van der Waals surface area contributed by atoms with Crippen LogP contribution < -0.4 is 5.73 Å². The summed E-state index contributed by atoms with van der Waals surface area (Å²) in [6.45, 7) is 5.57. The molecule has 0 heterocycles. The zero-order valence-electron chi connectivity index (χ0n) is 15.4. The van der Waals surface area contributed by atoms with Crippen LogP contribution in [-0.4, -0.2) is 29.1 Å². The lowest BCUT2D eigenvalue weighted by atomic mass is 9.99. The molecule has 1 aliphatic carbocycles. The maximum Gasteiger partial charge on any atom is 0.324 e. The molecule has 2 aromatic rings. The van der Waals surface area contributed by atoms with Crippen molar-refractivity contribution in [1.82, 2.24) is 0 Å². The Kier molecular flexibility index (Phi) is 6.78. The minimum atomic E-state index is -0.587. The van der Waals surface area contributed by atoms with Crippen LogP contribution in [-0.2, 0) is 9.53 Å². The SMILES string of the molecule is CC(C)(C)OC(=O)C(N)CSCC1c2ccccc2-c2ccccc21.Cl. The average Bonchev–Trinajstić information content (AvgIpc) is 2.88. The van der Waals surface area contributed by atoms with E-state index in [0.29, 0.717) is 11.7 Å². The van der Waals surface area contributed by atoms with Gasteiger partial charge in [0.15, 0.2) is 0 Å². The first-order valence-corrected chi connectivity index (χ1v) is 9.76. The van der Waals surface area contributed by atoms with Crippen LogP contribution in [0.4, 0.5) is 0 Å². The van der Waals surface area contributed by atoms with Crippen molar-refractivity contribution in [2.45, 2.75) is 38.3 Å². The average molecular weight is 392 g/mol. The summed E-state index contributed by atoms with van der Waals surface area (Å²) < 4.78 is 5.36. The minimum Gasteiger partial charge on any atom is -0.459 e. The highest BCUT2D eigenvalue weighted by Crippen LogP contribution is 2.45. The number of hydrogen-bond donors (Lipinski definition) is 1. The topological polar surface area (TPSA) is 52.3 Å². The standard InChI is InChI=1S/C21H25NO2S.ClH/c1-21(2,3)24-20(23)19(22)13-25-12-18-16-10-6-4-8-14(16)15-9-5-7-11-17(15)18;/h4-11,18-19H,12-13,22H2,1-3H3;1H. The number of benzene rings is 2. The van der Waals surface area contributed by atoms with Gasteiger partial charge in [-0.3, -0.25) is 4.79 Å². The summed E-state index contributed by atoms with van der Waals surface area (Å²) in [5, 5.41) is 0. The van der Waals surface area contributed by atoms with Gasteiger partial charge in [0.25, 0.3) is 0 Å². The molecule has 3 rings (SSSR count). The number of esters is 1. The molecule has 0 spiro atoms. The summed E-state index contributed by atoms with van der Waals surface area (Å²) in [5.74, 6) is 1.50. The van der Waals surface area contributed by atoms with E-state index in [-0.39, 0.29) is 18.4 Å². The van der Waals surface area contributed by atoms with Crippen molar-refractivity contribution in [2.75, 3.05) is 11.5 Å². The molecule has 0 fully saturated rings. The largest absolute Gasteiger partial charge is 0.459 e. The molecule has 2 aromatic carbocycles. The first-order valence-electron chi connectivity index (χ1n) is 8.61. The Morgan fingerprint density at radius 2 is 1.58 bits per heavy atom. The lowest BCUT2D eigenvalue weighted by molar-refractivity contribution is -0.155. The van der Waals surface area contributed by atoms with Gasteiger partial charge in [0.05, 0.1) is 0 Å². The van der Waals surface area contributed by atoms with Crippen LogP contribution in [0.1, 0.15) is 37.8 Å². The van der Waals surface area contributed by atoms with Gasteiger partial charge in [-0.15, -0.1) is 12.4 Å². The summed E-state index contributed by atoms with van der Waals surface area (Å²) in [4.78, 5) is 12.0. The third kappa shape index (κ3) is 4.61. The number of hydrogen-bond acceptors (Lipinski definition) is 4. The van der Waals surface area contributed by atoms with Crippen LogP contribution in [0.2, 0.25) is 0 Å². The summed E-state index contributed by atoms with van der Waals surface area (Å²) in [7, 11) is 0. The van der Waals surface area contributed by atoms with Crippen molar-refractivity contribution in [2.24, 2.45) is 5.73 Å². The zero-order chi connectivity index (χ0) is 18.0. The third-order valence-electron chi connectivity index (χ3n) is 4.25. The van der Waals surface area contributed by atoms with Crippen molar-refractivity contribution < 1.29 is 9.53 Å². The molecule has 5 heteroatoms. The van der Waals surface area contributed by atoms with Crippen LogP contribution in [0, 0.1) is 0 Å². The molecule has 26 heavy (non-hydrogen) atoms. The van der Waals surface area contributed by atoms with Gasteiger partial charge in [-0.2, -0.15) is 11.8 Å². The van der Waals surface area contributed by atoms with Gasteiger partial charge in [-0.05, 0) is 43.0 Å². The van der Waals surface area contributed by atoms with E-state index in [2.05, 4.69) is 48.5 Å². The Bertz CT molecular complexity index is 727. The van der Waals surface area contributed by atoms with Gasteiger partial charge in [0.2, 0.25) is 0 Å². The van der Waals surface area contributed by atoms with Gasteiger partial charge in [-0.25, -0.2) is 0 Å². The van der Waals surface area contributed by atoms with Crippen molar-refractivity contribution >= 4 is 30.1 Å². The van der Waals surface area contributed by atoms with E-state index in [0.717, 1.165) is 5.75 Å². The molecule has 140 valence electrons. The predicted molar refractivity (Wildman–Crippen MR) is 112 cm³/mol. The third-order valence-corrected chi connectivity index (χ3v) is 5.42. The predicted octanol–water partition coefficient (Wildman–Crippen LogP) is 4.62. The van der Waals surface area contributed by atoms with Crippen molar-refractivity contribution in [3.8, 4) is 11.1 Å². The van der Waals surface area contributed by atoms with Crippen LogP contribution in [0.5, 0.6) is 0 Å². The van der Waals surface area contributed by atoms with Gasteiger partial charge in [0.1, 0.15) is 11.6 Å². The van der Waals surface area contributed by atoms with Gasteiger partial charge < -0.3 is 10.5 Å². The van der Waals surface area contributed by atoms with E-state index in [4.69, 9.17) is 10.5 Å². The van der Waals surface area contributed by atoms with Crippen LogP contribution in [0.25, 0.3) is 11.1 Å². The van der Waals surface area contributed by atoms with Gasteiger partial charge in [0, 0.05) is 17.4 Å². The van der Waals surface area contributed by atoms with E-state index in [1.54, 1.807) is 11.8 Å². The molecule has 0 saturated heterocycles. The second kappa shape index (κ2) is 8.47. The molecule has 0 bridgehead atoms. The highest BCUT2D eigenvalue weighted by Gasteiger charge is 2.28. The Hall–Kier alpha value is -1.49. The van der Waals surface area contributed by atoms with E-state index in [1.165, 1.54) is 22.3 Å². The number of thioether (sulfide) groups is 1. The van der Waals surface area contributed by atoms with Crippen molar-refractivity contribution in [3.63, 3.8) is 0 Å². The van der Waals surface area contributed by atoms with Gasteiger partial charge in [-0.1, -0.05) is 48.5 Å². The molecule has 3 nitrogen and oxygen atoms in total. The lowest BCUT2D eigenvalue weighted by Crippen LogP contribution is -2.39. The first-order chi connectivity index (χ1) is 11.9. The van der Waals surface area contributed by atoms with E-state index >= 15 is 0 Å². The summed E-state index contributed by atoms with van der Waals surface area (Å²) in [6.07, 6.45) is 0. The van der Waals surface area contributed by atoms with Crippen LogP contribution >= 0.6 is 24.2 Å². The molecule has 0 aliphatic heterocycles. The Balaban J connectivity index is 0.00000243. The molecule has 2 N–H and O–H groups in total. The molecular weight excluding hydrogens is 366 g/mol. The summed E-state index contributed by atoms with van der Waals surface area (Å²) in [6, 6.07) is 16.5. The molecule has 0 amide bonds. The number of nitrogens with two attached hydrogens (primary N) is 1. The summed E-state index contributed by atoms with van der Waals surface area (Å²) in [5.41, 5.74) is 10.9. The smallest absolute Gasteiger partial charge is 0.324 e. The second-order valence-corrected chi connectivity index (χ2v) is 8.48. The highest BCUT2D eigenvalue weighted by molar-refractivity contribution is 7.99. The molecule has 0 aromatic heterocycles. The van der Waals surface area contributed by atoms with Crippen molar-refractivity contribution in [3.05, 3.63) is 59.7 Å². The number of rotatable bonds is 5. The van der Waals surface area contributed by atoms with E-state index in [1.807, 2.05) is 20.8 Å². The minimum absolute atomic E-state index is 0. The Labute approximate surface area is 166 Å². The lowest BCUT2D eigenvalue weighted by Gasteiger charge is -2.22. The van der Waals surface area contributed by atoms with Crippen molar-refractivity contribution in [1.29, 1.82) is 0 Å². The number of fused-ring (bicyclic) bond motifs is 3. The summed E-state index contributed by atoms with van der Waals surface area (Å²) >= 11 is 1.71. The second-order valence-electron chi connectivity index (χ2n) is 7.40. The van der Waals surface area contributed by atoms with E-state index < -0.39 is 11.6 Å². The quantitative estimate of drug-likeness (QED) is 0.755. The van der Waals surface area contributed by atoms with Crippen LogP contribution in [0.15, 0.2) is 48.5 Å². The maximum absolute atomic E-state index is 12.0. The molecule has 1 aliphatic rings. The highest BCUT2D eigenvalue weighted by atomic mass is 35.5. The number of ether oxygens (including phenoxy) is 1. The fraction of sp³-hybridized carbons (Fsp3) is 0.381.